The predicted molar refractivity (Wildman–Crippen MR) is 116 cm³/mol. The Balaban J connectivity index is 1.18. The Kier molecular flexibility index (Phi) is 5.62. The van der Waals surface area contributed by atoms with Crippen LogP contribution < -0.4 is 10.6 Å². The first kappa shape index (κ1) is 19.8. The second-order valence-corrected chi connectivity index (χ2v) is 9.29. The number of nitrogens with one attached hydrogen (secondary N) is 2. The van der Waals surface area contributed by atoms with Crippen molar-refractivity contribution in [3.05, 3.63) is 24.3 Å². The number of benzene rings is 1. The predicted octanol–water partition coefficient (Wildman–Crippen LogP) is 2.00. The van der Waals surface area contributed by atoms with Crippen LogP contribution in [0, 0.1) is 0 Å². The third kappa shape index (κ3) is 4.17. The maximum absolute atomic E-state index is 12.6. The topological polar surface area (TPSA) is 97.2 Å². The van der Waals surface area contributed by atoms with Crippen LogP contribution in [-0.2, 0) is 4.74 Å². The third-order valence-corrected chi connectivity index (χ3v) is 7.36. The van der Waals surface area contributed by atoms with E-state index in [9.17, 15) is 4.79 Å². The van der Waals surface area contributed by atoms with Crippen molar-refractivity contribution >= 4 is 23.5 Å². The number of amides is 2. The summed E-state index contributed by atoms with van der Waals surface area (Å²) in [4.78, 5) is 15.0. The number of carbonyl (C=O) groups excluding carboxylic acids is 1. The van der Waals surface area contributed by atoms with Crippen molar-refractivity contribution in [2.75, 3.05) is 49.7 Å². The Labute approximate surface area is 179 Å². The molecule has 160 valence electrons. The summed E-state index contributed by atoms with van der Waals surface area (Å²) in [5.41, 5.74) is 1.74. The molecule has 1 aromatic carbocycles. The lowest BCUT2D eigenvalue weighted by atomic mass is 9.95. The van der Waals surface area contributed by atoms with Gasteiger partial charge in [0.25, 0.3) is 0 Å². The SMILES string of the molecule is O=C(NCC1(N2CCOCC2)CCSC1)Nc1ccc(-c2nnnn2C2CC2)cc1. The van der Waals surface area contributed by atoms with Gasteiger partial charge >= 0.3 is 6.03 Å². The first-order chi connectivity index (χ1) is 14.7. The van der Waals surface area contributed by atoms with Crippen molar-refractivity contribution in [1.29, 1.82) is 0 Å². The average molecular weight is 430 g/mol. The van der Waals surface area contributed by atoms with E-state index in [0.717, 1.165) is 74.1 Å². The van der Waals surface area contributed by atoms with Gasteiger partial charge in [0.2, 0.25) is 0 Å². The highest BCUT2D eigenvalue weighted by Crippen LogP contribution is 2.36. The minimum Gasteiger partial charge on any atom is -0.379 e. The molecule has 1 aromatic heterocycles. The first-order valence-electron chi connectivity index (χ1n) is 10.6. The molecule has 1 aliphatic carbocycles. The molecule has 2 N–H and O–H groups in total. The highest BCUT2D eigenvalue weighted by atomic mass is 32.2. The van der Waals surface area contributed by atoms with E-state index >= 15 is 0 Å². The molecule has 9 nitrogen and oxygen atoms in total. The quantitative estimate of drug-likeness (QED) is 0.725. The van der Waals surface area contributed by atoms with Crippen molar-refractivity contribution in [3.63, 3.8) is 0 Å². The molecular weight excluding hydrogens is 402 g/mol. The smallest absolute Gasteiger partial charge is 0.319 e. The second kappa shape index (κ2) is 8.52. The van der Waals surface area contributed by atoms with E-state index in [-0.39, 0.29) is 11.6 Å². The van der Waals surface area contributed by atoms with Gasteiger partial charge in [-0.1, -0.05) is 0 Å². The molecule has 5 rings (SSSR count). The summed E-state index contributed by atoms with van der Waals surface area (Å²) in [7, 11) is 0. The number of morpholine rings is 1. The number of rotatable bonds is 6. The number of urea groups is 1. The van der Waals surface area contributed by atoms with Crippen LogP contribution >= 0.6 is 11.8 Å². The molecular formula is C20H27N7O2S. The van der Waals surface area contributed by atoms with Gasteiger partial charge < -0.3 is 15.4 Å². The minimum atomic E-state index is -0.171. The van der Waals surface area contributed by atoms with Crippen molar-refractivity contribution < 1.29 is 9.53 Å². The maximum atomic E-state index is 12.6. The van der Waals surface area contributed by atoms with Gasteiger partial charge in [-0.15, -0.1) is 5.10 Å². The summed E-state index contributed by atoms with van der Waals surface area (Å²) in [6.07, 6.45) is 3.35. The Morgan fingerprint density at radius 1 is 1.23 bits per heavy atom. The van der Waals surface area contributed by atoms with Crippen LogP contribution in [0.4, 0.5) is 10.5 Å². The molecule has 3 aliphatic rings. The van der Waals surface area contributed by atoms with E-state index in [1.807, 2.05) is 40.7 Å². The summed E-state index contributed by atoms with van der Waals surface area (Å²) >= 11 is 1.97. The van der Waals surface area contributed by atoms with Crippen molar-refractivity contribution in [1.82, 2.24) is 30.4 Å². The zero-order chi connectivity index (χ0) is 20.4. The fourth-order valence-electron chi connectivity index (χ4n) is 4.21. The van der Waals surface area contributed by atoms with Gasteiger partial charge in [-0.05, 0) is 59.7 Å². The highest BCUT2D eigenvalue weighted by Gasteiger charge is 2.40. The van der Waals surface area contributed by atoms with Crippen molar-refractivity contribution in [2.24, 2.45) is 0 Å². The third-order valence-electron chi connectivity index (χ3n) is 6.13. The number of hydrogen-bond acceptors (Lipinski definition) is 7. The van der Waals surface area contributed by atoms with Gasteiger partial charge in [0.1, 0.15) is 0 Å². The molecule has 3 heterocycles. The zero-order valence-electron chi connectivity index (χ0n) is 16.9. The van der Waals surface area contributed by atoms with Crippen LogP contribution in [0.1, 0.15) is 25.3 Å². The second-order valence-electron chi connectivity index (χ2n) is 8.19. The first-order valence-corrected chi connectivity index (χ1v) is 11.7. The molecule has 1 atom stereocenters. The van der Waals surface area contributed by atoms with Gasteiger partial charge in [0.05, 0.1) is 19.3 Å². The number of ether oxygens (including phenoxy) is 1. The molecule has 2 aromatic rings. The van der Waals surface area contributed by atoms with Gasteiger partial charge in [-0.25, -0.2) is 9.48 Å². The fraction of sp³-hybridized carbons (Fsp3) is 0.600. The van der Waals surface area contributed by atoms with Crippen molar-refractivity contribution in [2.45, 2.75) is 30.8 Å². The number of thioether (sulfide) groups is 1. The van der Waals surface area contributed by atoms with E-state index in [2.05, 4.69) is 31.1 Å². The zero-order valence-corrected chi connectivity index (χ0v) is 17.7. The lowest BCUT2D eigenvalue weighted by Crippen LogP contribution is -2.59. The van der Waals surface area contributed by atoms with Gasteiger partial charge in [-0.2, -0.15) is 11.8 Å². The Morgan fingerprint density at radius 2 is 2.03 bits per heavy atom. The van der Waals surface area contributed by atoms with Gasteiger partial charge in [0, 0.05) is 42.2 Å². The number of anilines is 1. The van der Waals surface area contributed by atoms with Crippen LogP contribution in [0.2, 0.25) is 0 Å². The summed E-state index contributed by atoms with van der Waals surface area (Å²) < 4.78 is 7.40. The van der Waals surface area contributed by atoms with Crippen LogP contribution in [-0.4, -0.2) is 81.0 Å². The molecule has 30 heavy (non-hydrogen) atoms. The Morgan fingerprint density at radius 3 is 2.73 bits per heavy atom. The Bertz CT molecular complexity index is 872. The molecule has 10 heteroatoms. The Hall–Kier alpha value is -2.17. The van der Waals surface area contributed by atoms with Crippen LogP contribution in [0.15, 0.2) is 24.3 Å². The molecule has 2 amide bonds. The molecule has 0 radical (unpaired) electrons. The number of hydrogen-bond donors (Lipinski definition) is 2. The summed E-state index contributed by atoms with van der Waals surface area (Å²) in [5.74, 6) is 2.97. The summed E-state index contributed by atoms with van der Waals surface area (Å²) in [6.45, 7) is 4.07. The lowest BCUT2D eigenvalue weighted by molar-refractivity contribution is -0.0123. The normalized spacial score (nSPS) is 24.7. The minimum absolute atomic E-state index is 0.0372. The van der Waals surface area contributed by atoms with Gasteiger partial charge in [-0.3, -0.25) is 4.90 Å². The number of aromatic nitrogens is 4. The maximum Gasteiger partial charge on any atom is 0.319 e. The molecule has 1 saturated carbocycles. The van der Waals surface area contributed by atoms with Gasteiger partial charge in [0.15, 0.2) is 5.82 Å². The highest BCUT2D eigenvalue weighted by molar-refractivity contribution is 7.99. The van der Waals surface area contributed by atoms with E-state index in [4.69, 9.17) is 4.74 Å². The monoisotopic (exact) mass is 429 g/mol. The number of carbonyl (C=O) groups is 1. The fourth-order valence-corrected chi connectivity index (χ4v) is 5.68. The molecule has 2 aliphatic heterocycles. The van der Waals surface area contributed by atoms with Crippen LogP contribution in [0.5, 0.6) is 0 Å². The molecule has 0 bridgehead atoms. The molecule has 3 fully saturated rings. The number of nitrogens with zero attached hydrogens (tertiary/aromatic N) is 5. The molecule has 2 saturated heterocycles. The van der Waals surface area contributed by atoms with E-state index in [1.165, 1.54) is 0 Å². The van der Waals surface area contributed by atoms with Crippen LogP contribution in [0.3, 0.4) is 0 Å². The van der Waals surface area contributed by atoms with Crippen molar-refractivity contribution in [3.8, 4) is 11.4 Å². The summed E-state index contributed by atoms with van der Waals surface area (Å²) in [5, 5.41) is 18.1. The van der Waals surface area contributed by atoms with Crippen LogP contribution in [0.25, 0.3) is 11.4 Å². The number of tetrazole rings is 1. The lowest BCUT2D eigenvalue weighted by Gasteiger charge is -2.43. The summed E-state index contributed by atoms with van der Waals surface area (Å²) in [6, 6.07) is 7.93. The average Bonchev–Trinajstić information content (AvgIpc) is 3.31. The molecule has 1 unspecified atom stereocenters. The van der Waals surface area contributed by atoms with E-state index in [1.54, 1.807) is 0 Å². The standard InChI is InChI=1S/C20H27N7O2S/c28-19(21-13-20(7-12-30-14-20)26-8-10-29-11-9-26)22-16-3-1-15(2-4-16)18-23-24-25-27(18)17-5-6-17/h1-4,17H,5-14H2,(H2,21,22,28). The molecule has 0 spiro atoms. The van der Waals surface area contributed by atoms with E-state index in [0.29, 0.717) is 12.6 Å². The van der Waals surface area contributed by atoms with E-state index < -0.39 is 0 Å². The largest absolute Gasteiger partial charge is 0.379 e.